The second-order valence-corrected chi connectivity index (χ2v) is 5.75. The van der Waals surface area contributed by atoms with Gasteiger partial charge in [-0.2, -0.15) is 23.0 Å². The molecule has 0 unspecified atom stereocenters. The number of nitrogens with zero attached hydrogens (tertiary/aromatic N) is 4. The molecule has 150 valence electrons. The van der Waals surface area contributed by atoms with Crippen LogP contribution in [0.4, 0.5) is 18.0 Å². The number of hydrogen-bond acceptors (Lipinski definition) is 7. The summed E-state index contributed by atoms with van der Waals surface area (Å²) in [6.45, 7) is 0.107. The van der Waals surface area contributed by atoms with Gasteiger partial charge in [-0.15, -0.1) is 0 Å². The fourth-order valence-electron chi connectivity index (χ4n) is 2.58. The molecule has 2 aromatic heterocycles. The Bertz CT molecular complexity index is 1040. The summed E-state index contributed by atoms with van der Waals surface area (Å²) in [7, 11) is 0. The minimum atomic E-state index is -4.86. The van der Waals surface area contributed by atoms with Crippen LogP contribution in [0.25, 0.3) is 5.95 Å². The number of nitrogens with one attached hydrogen (secondary N) is 1. The summed E-state index contributed by atoms with van der Waals surface area (Å²) in [5.74, 6) is 0.00596. The first-order valence-corrected chi connectivity index (χ1v) is 8.18. The van der Waals surface area contributed by atoms with Gasteiger partial charge in [-0.05, 0) is 23.8 Å². The van der Waals surface area contributed by atoms with Crippen molar-refractivity contribution >= 4 is 6.09 Å². The molecule has 0 fully saturated rings. The molecule has 0 bridgehead atoms. The standard InChI is InChI=1S/C17H12F3N5O4/c18-17(19,20)14-13(8-24-25(14)15-21-4-1-5-22-15)29-16(26)23-7-10-2-3-11-12(6-10)28-9-27-11/h1-6,8H,7,9H2,(H,23,26). The largest absolute Gasteiger partial charge is 0.454 e. The van der Waals surface area contributed by atoms with Crippen molar-refractivity contribution in [2.45, 2.75) is 12.7 Å². The molecule has 3 aromatic rings. The molecule has 1 N–H and O–H groups in total. The van der Waals surface area contributed by atoms with Crippen molar-refractivity contribution in [3.8, 4) is 23.2 Å². The average molecular weight is 407 g/mol. The summed E-state index contributed by atoms with van der Waals surface area (Å²) in [4.78, 5) is 19.5. The molecule has 9 nitrogen and oxygen atoms in total. The summed E-state index contributed by atoms with van der Waals surface area (Å²) in [6.07, 6.45) is -2.63. The van der Waals surface area contributed by atoms with Crippen LogP contribution in [0.5, 0.6) is 17.2 Å². The fourth-order valence-corrected chi connectivity index (χ4v) is 2.58. The maximum atomic E-state index is 13.5. The van der Waals surface area contributed by atoms with Crippen LogP contribution < -0.4 is 19.5 Å². The lowest BCUT2D eigenvalue weighted by Gasteiger charge is -2.11. The minimum Gasteiger partial charge on any atom is -0.454 e. The zero-order valence-corrected chi connectivity index (χ0v) is 14.5. The minimum absolute atomic E-state index is 0.00670. The molecule has 1 aromatic carbocycles. The van der Waals surface area contributed by atoms with Gasteiger partial charge in [0.2, 0.25) is 6.79 Å². The van der Waals surface area contributed by atoms with E-state index in [2.05, 4.69) is 20.4 Å². The Morgan fingerprint density at radius 2 is 1.97 bits per heavy atom. The highest BCUT2D eigenvalue weighted by Gasteiger charge is 2.41. The number of rotatable bonds is 4. The van der Waals surface area contributed by atoms with E-state index in [9.17, 15) is 18.0 Å². The van der Waals surface area contributed by atoms with Gasteiger partial charge in [-0.25, -0.2) is 14.8 Å². The number of halogens is 3. The molecule has 0 aliphatic carbocycles. The lowest BCUT2D eigenvalue weighted by molar-refractivity contribution is -0.143. The molecule has 0 spiro atoms. The van der Waals surface area contributed by atoms with Crippen molar-refractivity contribution in [2.75, 3.05) is 6.79 Å². The van der Waals surface area contributed by atoms with Gasteiger partial charge in [0.05, 0.1) is 6.20 Å². The molecule has 4 rings (SSSR count). The van der Waals surface area contributed by atoms with Gasteiger partial charge in [0, 0.05) is 18.9 Å². The number of hydrogen-bond donors (Lipinski definition) is 1. The van der Waals surface area contributed by atoms with Gasteiger partial charge in [-0.1, -0.05) is 6.07 Å². The van der Waals surface area contributed by atoms with Crippen molar-refractivity contribution < 1.29 is 32.2 Å². The number of carbonyl (C=O) groups excluding carboxylic acids is 1. The molecule has 29 heavy (non-hydrogen) atoms. The second-order valence-electron chi connectivity index (χ2n) is 5.75. The Morgan fingerprint density at radius 1 is 1.21 bits per heavy atom. The van der Waals surface area contributed by atoms with E-state index in [1.54, 1.807) is 18.2 Å². The van der Waals surface area contributed by atoms with E-state index in [1.165, 1.54) is 18.5 Å². The van der Waals surface area contributed by atoms with Gasteiger partial charge in [0.15, 0.2) is 22.9 Å². The summed E-state index contributed by atoms with van der Waals surface area (Å²) < 4.78 is 56.2. The number of carbonyl (C=O) groups is 1. The molecule has 0 saturated carbocycles. The molecule has 1 aliphatic rings. The van der Waals surface area contributed by atoms with Crippen LogP contribution in [0, 0.1) is 0 Å². The van der Waals surface area contributed by atoms with E-state index in [1.807, 2.05) is 0 Å². The molecule has 1 amide bonds. The first-order chi connectivity index (χ1) is 13.9. The molecule has 0 radical (unpaired) electrons. The SMILES string of the molecule is O=C(NCc1ccc2c(c1)OCO2)Oc1cnn(-c2ncccn2)c1C(F)(F)F. The van der Waals surface area contributed by atoms with Crippen LogP contribution in [0.15, 0.2) is 42.9 Å². The topological polar surface area (TPSA) is 100 Å². The van der Waals surface area contributed by atoms with Gasteiger partial charge in [0.1, 0.15) is 0 Å². The fraction of sp³-hybridized carbons (Fsp3) is 0.176. The summed E-state index contributed by atoms with van der Waals surface area (Å²) in [5, 5.41) is 5.97. The maximum Gasteiger partial charge on any atom is 0.437 e. The Kier molecular flexibility index (Phi) is 4.66. The highest BCUT2D eigenvalue weighted by Crippen LogP contribution is 2.37. The second kappa shape index (κ2) is 7.30. The number of amides is 1. The molecule has 3 heterocycles. The quantitative estimate of drug-likeness (QED) is 0.710. The molecular weight excluding hydrogens is 395 g/mol. The van der Waals surface area contributed by atoms with Gasteiger partial charge >= 0.3 is 12.3 Å². The summed E-state index contributed by atoms with van der Waals surface area (Å²) in [5.41, 5.74) is -0.655. The third-order valence-electron chi connectivity index (χ3n) is 3.82. The number of benzene rings is 1. The van der Waals surface area contributed by atoms with Gasteiger partial charge in [-0.3, -0.25) is 0 Å². The van der Waals surface area contributed by atoms with Crippen molar-refractivity contribution in [1.29, 1.82) is 0 Å². The van der Waals surface area contributed by atoms with Crippen LogP contribution >= 0.6 is 0 Å². The Morgan fingerprint density at radius 3 is 2.72 bits per heavy atom. The van der Waals surface area contributed by atoms with Gasteiger partial charge < -0.3 is 19.5 Å². The zero-order chi connectivity index (χ0) is 20.4. The van der Waals surface area contributed by atoms with E-state index < -0.39 is 23.7 Å². The van der Waals surface area contributed by atoms with Crippen LogP contribution in [-0.2, 0) is 12.7 Å². The Hall–Kier alpha value is -3.83. The van der Waals surface area contributed by atoms with Crippen LogP contribution in [0.1, 0.15) is 11.3 Å². The monoisotopic (exact) mass is 407 g/mol. The van der Waals surface area contributed by atoms with Crippen molar-refractivity contribution in [3.05, 3.63) is 54.1 Å². The predicted molar refractivity (Wildman–Crippen MR) is 89.6 cm³/mol. The molecule has 12 heteroatoms. The lowest BCUT2D eigenvalue weighted by Crippen LogP contribution is -2.27. The number of fused-ring (bicyclic) bond motifs is 1. The third-order valence-corrected chi connectivity index (χ3v) is 3.82. The first kappa shape index (κ1) is 18.5. The number of aromatic nitrogens is 4. The molecule has 1 aliphatic heterocycles. The van der Waals surface area contributed by atoms with E-state index in [4.69, 9.17) is 14.2 Å². The zero-order valence-electron chi connectivity index (χ0n) is 14.5. The van der Waals surface area contributed by atoms with Gasteiger partial charge in [0.25, 0.3) is 5.95 Å². The number of ether oxygens (including phenoxy) is 3. The van der Waals surface area contributed by atoms with Crippen LogP contribution in [0.2, 0.25) is 0 Å². The van der Waals surface area contributed by atoms with E-state index in [-0.39, 0.29) is 19.3 Å². The van der Waals surface area contributed by atoms with Crippen LogP contribution in [0.3, 0.4) is 0 Å². The molecular formula is C17H12F3N5O4. The molecule has 0 atom stereocenters. The maximum absolute atomic E-state index is 13.5. The summed E-state index contributed by atoms with van der Waals surface area (Å²) >= 11 is 0. The molecule has 0 saturated heterocycles. The normalized spacial score (nSPS) is 12.7. The van der Waals surface area contributed by atoms with Crippen LogP contribution in [-0.4, -0.2) is 32.6 Å². The van der Waals surface area contributed by atoms with E-state index in [0.29, 0.717) is 21.7 Å². The van der Waals surface area contributed by atoms with Crippen molar-refractivity contribution in [2.24, 2.45) is 0 Å². The Labute approximate surface area is 161 Å². The summed E-state index contributed by atoms with van der Waals surface area (Å²) in [6, 6.07) is 6.44. The predicted octanol–water partition coefficient (Wildman–Crippen LogP) is 2.70. The highest BCUT2D eigenvalue weighted by atomic mass is 19.4. The van der Waals surface area contributed by atoms with E-state index >= 15 is 0 Å². The smallest absolute Gasteiger partial charge is 0.437 e. The Balaban J connectivity index is 1.49. The highest BCUT2D eigenvalue weighted by molar-refractivity contribution is 5.70. The first-order valence-electron chi connectivity index (χ1n) is 8.18. The third kappa shape index (κ3) is 3.90. The van der Waals surface area contributed by atoms with Crippen molar-refractivity contribution in [1.82, 2.24) is 25.1 Å². The number of alkyl halides is 3. The van der Waals surface area contributed by atoms with E-state index in [0.717, 1.165) is 6.20 Å². The average Bonchev–Trinajstić information content (AvgIpc) is 3.33. The van der Waals surface area contributed by atoms with Crippen molar-refractivity contribution in [3.63, 3.8) is 0 Å². The lowest BCUT2D eigenvalue weighted by atomic mass is 10.2.